The largest absolute Gasteiger partial charge is 0.399 e. The SMILES string of the molecule is CN(C(=O)c1cc(N)cc(N)c1)C1CCc2ccccc21. The molecule has 0 fully saturated rings. The third-order valence-corrected chi connectivity index (χ3v) is 4.11. The first-order valence-electron chi connectivity index (χ1n) is 7.07. The second kappa shape index (κ2) is 5.13. The van der Waals surface area contributed by atoms with Crippen molar-refractivity contribution in [1.29, 1.82) is 0 Å². The maximum atomic E-state index is 12.7. The molecule has 4 N–H and O–H groups in total. The maximum absolute atomic E-state index is 12.7. The van der Waals surface area contributed by atoms with E-state index in [0.29, 0.717) is 16.9 Å². The molecule has 1 aliphatic carbocycles. The fourth-order valence-electron chi connectivity index (χ4n) is 3.08. The van der Waals surface area contributed by atoms with Gasteiger partial charge in [0.25, 0.3) is 5.91 Å². The Labute approximate surface area is 124 Å². The van der Waals surface area contributed by atoms with Crippen molar-refractivity contribution in [1.82, 2.24) is 4.90 Å². The second-order valence-electron chi connectivity index (χ2n) is 5.56. The van der Waals surface area contributed by atoms with Crippen molar-refractivity contribution < 1.29 is 4.79 Å². The average molecular weight is 281 g/mol. The Morgan fingerprint density at radius 3 is 2.52 bits per heavy atom. The lowest BCUT2D eigenvalue weighted by atomic mass is 10.1. The summed E-state index contributed by atoms with van der Waals surface area (Å²) in [7, 11) is 1.84. The highest BCUT2D eigenvalue weighted by molar-refractivity contribution is 5.96. The Morgan fingerprint density at radius 2 is 1.81 bits per heavy atom. The summed E-state index contributed by atoms with van der Waals surface area (Å²) in [6.45, 7) is 0. The Balaban J connectivity index is 1.89. The monoisotopic (exact) mass is 281 g/mol. The van der Waals surface area contributed by atoms with Gasteiger partial charge in [-0.15, -0.1) is 0 Å². The molecule has 0 radical (unpaired) electrons. The first kappa shape index (κ1) is 13.5. The lowest BCUT2D eigenvalue weighted by Gasteiger charge is -2.25. The van der Waals surface area contributed by atoms with Gasteiger partial charge in [-0.05, 0) is 42.2 Å². The number of nitrogen functional groups attached to an aromatic ring is 2. The normalized spacial score (nSPS) is 16.5. The van der Waals surface area contributed by atoms with Crippen molar-refractivity contribution in [2.45, 2.75) is 18.9 Å². The van der Waals surface area contributed by atoms with Crippen LogP contribution in [0, 0.1) is 0 Å². The highest BCUT2D eigenvalue weighted by Gasteiger charge is 2.28. The van der Waals surface area contributed by atoms with E-state index in [9.17, 15) is 4.79 Å². The first-order chi connectivity index (χ1) is 10.1. The number of nitrogens with two attached hydrogens (primary N) is 2. The van der Waals surface area contributed by atoms with E-state index in [0.717, 1.165) is 12.8 Å². The van der Waals surface area contributed by atoms with Crippen molar-refractivity contribution in [2.24, 2.45) is 0 Å². The molecule has 1 atom stereocenters. The van der Waals surface area contributed by atoms with Crippen molar-refractivity contribution in [3.8, 4) is 0 Å². The van der Waals surface area contributed by atoms with E-state index in [1.165, 1.54) is 11.1 Å². The summed E-state index contributed by atoms with van der Waals surface area (Å²) < 4.78 is 0. The number of carbonyl (C=O) groups excluding carboxylic acids is 1. The lowest BCUT2D eigenvalue weighted by Crippen LogP contribution is -2.30. The molecule has 0 aliphatic heterocycles. The molecule has 1 amide bonds. The van der Waals surface area contributed by atoms with Crippen LogP contribution in [-0.4, -0.2) is 17.9 Å². The third-order valence-electron chi connectivity index (χ3n) is 4.11. The summed E-state index contributed by atoms with van der Waals surface area (Å²) >= 11 is 0. The summed E-state index contributed by atoms with van der Waals surface area (Å²) in [5, 5.41) is 0. The number of nitrogens with zero attached hydrogens (tertiary/aromatic N) is 1. The Hall–Kier alpha value is -2.49. The van der Waals surface area contributed by atoms with Crippen LogP contribution in [0.4, 0.5) is 11.4 Å². The smallest absolute Gasteiger partial charge is 0.254 e. The van der Waals surface area contributed by atoms with Gasteiger partial charge in [0.15, 0.2) is 0 Å². The van der Waals surface area contributed by atoms with Crippen LogP contribution >= 0.6 is 0 Å². The van der Waals surface area contributed by atoms with E-state index in [1.807, 2.05) is 19.2 Å². The molecule has 4 heteroatoms. The molecule has 0 saturated carbocycles. The molecule has 0 saturated heterocycles. The van der Waals surface area contributed by atoms with Crippen LogP contribution in [0.2, 0.25) is 0 Å². The van der Waals surface area contributed by atoms with E-state index in [4.69, 9.17) is 11.5 Å². The topological polar surface area (TPSA) is 72.3 Å². The highest BCUT2D eigenvalue weighted by atomic mass is 16.2. The average Bonchev–Trinajstić information content (AvgIpc) is 2.88. The van der Waals surface area contributed by atoms with Gasteiger partial charge >= 0.3 is 0 Å². The number of fused-ring (bicyclic) bond motifs is 1. The molecular formula is C17H19N3O. The maximum Gasteiger partial charge on any atom is 0.254 e. The minimum atomic E-state index is -0.0456. The summed E-state index contributed by atoms with van der Waals surface area (Å²) in [5.41, 5.74) is 15.7. The molecule has 3 rings (SSSR count). The van der Waals surface area contributed by atoms with Crippen LogP contribution < -0.4 is 11.5 Å². The summed E-state index contributed by atoms with van der Waals surface area (Å²) in [6, 6.07) is 13.4. The van der Waals surface area contributed by atoms with Crippen LogP contribution in [0.3, 0.4) is 0 Å². The van der Waals surface area contributed by atoms with Gasteiger partial charge < -0.3 is 16.4 Å². The molecule has 0 aromatic heterocycles. The van der Waals surface area contributed by atoms with Gasteiger partial charge in [0.2, 0.25) is 0 Å². The molecule has 2 aromatic rings. The van der Waals surface area contributed by atoms with E-state index in [2.05, 4.69) is 12.1 Å². The molecule has 21 heavy (non-hydrogen) atoms. The highest BCUT2D eigenvalue weighted by Crippen LogP contribution is 2.35. The van der Waals surface area contributed by atoms with Gasteiger partial charge in [-0.25, -0.2) is 0 Å². The molecule has 0 spiro atoms. The van der Waals surface area contributed by atoms with Crippen LogP contribution in [0.5, 0.6) is 0 Å². The summed E-state index contributed by atoms with van der Waals surface area (Å²) in [5.74, 6) is -0.0456. The zero-order valence-corrected chi connectivity index (χ0v) is 12.0. The number of aryl methyl sites for hydroxylation is 1. The minimum Gasteiger partial charge on any atom is -0.399 e. The molecule has 4 nitrogen and oxygen atoms in total. The zero-order valence-electron chi connectivity index (χ0n) is 12.0. The van der Waals surface area contributed by atoms with Crippen molar-refractivity contribution in [3.05, 3.63) is 59.2 Å². The van der Waals surface area contributed by atoms with Gasteiger partial charge in [0, 0.05) is 24.0 Å². The molecule has 0 heterocycles. The molecule has 1 aliphatic rings. The zero-order chi connectivity index (χ0) is 15.0. The van der Waals surface area contributed by atoms with E-state index >= 15 is 0 Å². The van der Waals surface area contributed by atoms with Crippen molar-refractivity contribution >= 4 is 17.3 Å². The quantitative estimate of drug-likeness (QED) is 0.831. The van der Waals surface area contributed by atoms with Crippen LogP contribution in [0.1, 0.15) is 33.9 Å². The lowest BCUT2D eigenvalue weighted by molar-refractivity contribution is 0.0730. The van der Waals surface area contributed by atoms with E-state index < -0.39 is 0 Å². The fraction of sp³-hybridized carbons (Fsp3) is 0.235. The number of carbonyl (C=O) groups is 1. The van der Waals surface area contributed by atoms with Gasteiger partial charge in [0.1, 0.15) is 0 Å². The van der Waals surface area contributed by atoms with Crippen molar-refractivity contribution in [2.75, 3.05) is 18.5 Å². The predicted molar refractivity (Wildman–Crippen MR) is 84.9 cm³/mol. The molecule has 0 bridgehead atoms. The van der Waals surface area contributed by atoms with Crippen molar-refractivity contribution in [3.63, 3.8) is 0 Å². The molecular weight excluding hydrogens is 262 g/mol. The summed E-state index contributed by atoms with van der Waals surface area (Å²) in [6.07, 6.45) is 1.97. The molecule has 108 valence electrons. The molecule has 2 aromatic carbocycles. The predicted octanol–water partition coefficient (Wildman–Crippen LogP) is 2.61. The van der Waals surface area contributed by atoms with Gasteiger partial charge in [0.05, 0.1) is 6.04 Å². The number of hydrogen-bond donors (Lipinski definition) is 2. The molecule has 1 unspecified atom stereocenters. The number of benzene rings is 2. The van der Waals surface area contributed by atoms with E-state index in [1.54, 1.807) is 23.1 Å². The minimum absolute atomic E-state index is 0.0456. The van der Waals surface area contributed by atoms with Crippen LogP contribution in [-0.2, 0) is 6.42 Å². The number of anilines is 2. The Kier molecular flexibility index (Phi) is 3.29. The summed E-state index contributed by atoms with van der Waals surface area (Å²) in [4.78, 5) is 14.5. The van der Waals surface area contributed by atoms with Gasteiger partial charge in [-0.1, -0.05) is 24.3 Å². The van der Waals surface area contributed by atoms with Gasteiger partial charge in [-0.3, -0.25) is 4.79 Å². The Bertz CT molecular complexity index is 676. The number of hydrogen-bond acceptors (Lipinski definition) is 3. The fourth-order valence-corrected chi connectivity index (χ4v) is 3.08. The second-order valence-corrected chi connectivity index (χ2v) is 5.56. The first-order valence-corrected chi connectivity index (χ1v) is 7.07. The Morgan fingerprint density at radius 1 is 1.14 bits per heavy atom. The number of rotatable bonds is 2. The van der Waals surface area contributed by atoms with Gasteiger partial charge in [-0.2, -0.15) is 0 Å². The standard InChI is InChI=1S/C17H19N3O/c1-20(16-7-6-11-4-2-3-5-15(11)16)17(21)12-8-13(18)10-14(19)9-12/h2-5,8-10,16H,6-7,18-19H2,1H3. The van der Waals surface area contributed by atoms with Crippen LogP contribution in [0.15, 0.2) is 42.5 Å². The van der Waals surface area contributed by atoms with Crippen LogP contribution in [0.25, 0.3) is 0 Å². The number of amides is 1. The van der Waals surface area contributed by atoms with E-state index in [-0.39, 0.29) is 11.9 Å². The third kappa shape index (κ3) is 2.44.